The van der Waals surface area contributed by atoms with Gasteiger partial charge in [-0.3, -0.25) is 4.79 Å². The van der Waals surface area contributed by atoms with Gasteiger partial charge in [0.2, 0.25) is 5.88 Å². The van der Waals surface area contributed by atoms with Gasteiger partial charge in [-0.05, 0) is 55.9 Å². The summed E-state index contributed by atoms with van der Waals surface area (Å²) in [6.45, 7) is 5.83. The van der Waals surface area contributed by atoms with E-state index in [1.165, 1.54) is 19.3 Å². The van der Waals surface area contributed by atoms with Crippen molar-refractivity contribution in [1.29, 1.82) is 0 Å². The lowest BCUT2D eigenvalue weighted by Gasteiger charge is -2.23. The third-order valence-corrected chi connectivity index (χ3v) is 6.73. The van der Waals surface area contributed by atoms with Crippen LogP contribution in [-0.2, 0) is 4.79 Å². The van der Waals surface area contributed by atoms with Crippen LogP contribution in [0.5, 0.6) is 11.6 Å². The molecule has 0 N–H and O–H groups in total. The van der Waals surface area contributed by atoms with E-state index in [0.29, 0.717) is 18.3 Å². The molecule has 0 amide bonds. The summed E-state index contributed by atoms with van der Waals surface area (Å²) in [5.41, 5.74) is 2.18. The number of ketones is 1. The first-order chi connectivity index (χ1) is 15.6. The molecule has 0 spiro atoms. The van der Waals surface area contributed by atoms with Gasteiger partial charge in [0.25, 0.3) is 0 Å². The molecule has 1 aromatic carbocycles. The maximum Gasteiger partial charge on any atom is 0.213 e. The Morgan fingerprint density at radius 1 is 1.03 bits per heavy atom. The number of carbonyl (C=O) groups is 1. The number of hydrogen-bond acceptors (Lipinski definition) is 5. The quantitative estimate of drug-likeness (QED) is 0.488. The van der Waals surface area contributed by atoms with Gasteiger partial charge in [-0.1, -0.05) is 32.4 Å². The molecule has 2 atom stereocenters. The Morgan fingerprint density at radius 3 is 2.50 bits per heavy atom. The summed E-state index contributed by atoms with van der Waals surface area (Å²) in [5.74, 6) is 1.85. The van der Waals surface area contributed by atoms with E-state index in [2.05, 4.69) is 16.0 Å². The zero-order chi connectivity index (χ0) is 22.3. The van der Waals surface area contributed by atoms with Crippen LogP contribution >= 0.6 is 0 Å². The second-order valence-corrected chi connectivity index (χ2v) is 9.21. The summed E-state index contributed by atoms with van der Waals surface area (Å²) in [4.78, 5) is 19.0. The van der Waals surface area contributed by atoms with E-state index in [-0.39, 0.29) is 12.0 Å². The molecule has 1 aliphatic carbocycles. The molecule has 32 heavy (non-hydrogen) atoms. The highest BCUT2D eigenvalue weighted by Crippen LogP contribution is 2.27. The molecule has 1 unspecified atom stereocenters. The lowest BCUT2D eigenvalue weighted by atomic mass is 9.94. The average Bonchev–Trinajstić information content (AvgIpc) is 3.29. The highest BCUT2D eigenvalue weighted by molar-refractivity contribution is 5.85. The number of nitrogens with zero attached hydrogens (tertiary/aromatic N) is 2. The maximum absolute atomic E-state index is 12.1. The lowest BCUT2D eigenvalue weighted by Crippen LogP contribution is -2.24. The Balaban J connectivity index is 1.27. The Kier molecular flexibility index (Phi) is 7.67. The SMILES string of the molecule is CCCC(=O)C(C)c1ccc(O[C@@H]2CCN(c3ccc(OC4CCCCC4)nc3)C2)cc1. The molecule has 1 aliphatic heterocycles. The topological polar surface area (TPSA) is 51.7 Å². The third kappa shape index (κ3) is 5.81. The number of carbonyl (C=O) groups excluding carboxylic acids is 1. The summed E-state index contributed by atoms with van der Waals surface area (Å²) in [6.07, 6.45) is 11.0. The van der Waals surface area contributed by atoms with Gasteiger partial charge in [-0.15, -0.1) is 0 Å². The van der Waals surface area contributed by atoms with Crippen molar-refractivity contribution in [2.45, 2.75) is 83.3 Å². The van der Waals surface area contributed by atoms with E-state index in [9.17, 15) is 4.79 Å². The highest BCUT2D eigenvalue weighted by Gasteiger charge is 2.25. The van der Waals surface area contributed by atoms with Gasteiger partial charge in [0.1, 0.15) is 23.7 Å². The van der Waals surface area contributed by atoms with Crippen LogP contribution in [0.15, 0.2) is 42.6 Å². The molecule has 1 aromatic heterocycles. The van der Waals surface area contributed by atoms with Crippen LogP contribution in [0.2, 0.25) is 0 Å². The minimum absolute atomic E-state index is 0.0523. The maximum atomic E-state index is 12.1. The van der Waals surface area contributed by atoms with Crippen LogP contribution in [0.25, 0.3) is 0 Å². The van der Waals surface area contributed by atoms with Gasteiger partial charge in [0, 0.05) is 31.4 Å². The highest BCUT2D eigenvalue weighted by atomic mass is 16.5. The van der Waals surface area contributed by atoms with E-state index in [4.69, 9.17) is 9.47 Å². The summed E-state index contributed by atoms with van der Waals surface area (Å²) in [6, 6.07) is 12.1. The van der Waals surface area contributed by atoms with Gasteiger partial charge in [-0.25, -0.2) is 4.98 Å². The fraction of sp³-hybridized carbons (Fsp3) is 0.556. The van der Waals surface area contributed by atoms with Crippen LogP contribution in [-0.4, -0.2) is 36.1 Å². The molecular formula is C27H36N2O3. The van der Waals surface area contributed by atoms with Crippen molar-refractivity contribution >= 4 is 11.5 Å². The second-order valence-electron chi connectivity index (χ2n) is 9.21. The van der Waals surface area contributed by atoms with Crippen LogP contribution in [0, 0.1) is 0 Å². The van der Waals surface area contributed by atoms with Crippen LogP contribution in [0.4, 0.5) is 5.69 Å². The van der Waals surface area contributed by atoms with E-state index in [1.807, 2.05) is 50.4 Å². The molecule has 1 saturated carbocycles. The van der Waals surface area contributed by atoms with Crippen molar-refractivity contribution in [2.24, 2.45) is 0 Å². The van der Waals surface area contributed by atoms with E-state index < -0.39 is 0 Å². The molecule has 0 radical (unpaired) electrons. The first-order valence-corrected chi connectivity index (χ1v) is 12.3. The minimum atomic E-state index is -0.0523. The fourth-order valence-corrected chi connectivity index (χ4v) is 4.72. The number of benzene rings is 1. The Hall–Kier alpha value is -2.56. The Bertz CT molecular complexity index is 859. The monoisotopic (exact) mass is 436 g/mol. The molecule has 2 aliphatic rings. The van der Waals surface area contributed by atoms with E-state index >= 15 is 0 Å². The zero-order valence-corrected chi connectivity index (χ0v) is 19.5. The van der Waals surface area contributed by atoms with Gasteiger partial charge in [0.05, 0.1) is 18.4 Å². The van der Waals surface area contributed by atoms with Crippen LogP contribution < -0.4 is 14.4 Å². The van der Waals surface area contributed by atoms with Gasteiger partial charge in [0.15, 0.2) is 0 Å². The predicted octanol–water partition coefficient (Wildman–Crippen LogP) is 5.92. The van der Waals surface area contributed by atoms with Crippen molar-refractivity contribution in [1.82, 2.24) is 4.98 Å². The van der Waals surface area contributed by atoms with Crippen molar-refractivity contribution < 1.29 is 14.3 Å². The number of rotatable bonds is 9. The van der Waals surface area contributed by atoms with E-state index in [0.717, 1.165) is 61.7 Å². The van der Waals surface area contributed by atoms with Crippen LogP contribution in [0.1, 0.15) is 76.7 Å². The molecule has 5 heteroatoms. The molecule has 2 fully saturated rings. The van der Waals surface area contributed by atoms with Crippen molar-refractivity contribution in [3.8, 4) is 11.6 Å². The second kappa shape index (κ2) is 10.8. The largest absolute Gasteiger partial charge is 0.489 e. The smallest absolute Gasteiger partial charge is 0.213 e. The van der Waals surface area contributed by atoms with Crippen LogP contribution in [0.3, 0.4) is 0 Å². The number of anilines is 1. The predicted molar refractivity (Wildman–Crippen MR) is 128 cm³/mol. The Labute approximate surface area is 192 Å². The molecular weight excluding hydrogens is 400 g/mol. The summed E-state index contributed by atoms with van der Waals surface area (Å²) >= 11 is 0. The Morgan fingerprint density at radius 2 is 1.81 bits per heavy atom. The van der Waals surface area contributed by atoms with Gasteiger partial charge in [-0.2, -0.15) is 0 Å². The van der Waals surface area contributed by atoms with E-state index in [1.54, 1.807) is 0 Å². The summed E-state index contributed by atoms with van der Waals surface area (Å²) < 4.78 is 12.3. The normalized spacial score (nSPS) is 20.2. The lowest BCUT2D eigenvalue weighted by molar-refractivity contribution is -0.120. The zero-order valence-electron chi connectivity index (χ0n) is 19.5. The summed E-state index contributed by atoms with van der Waals surface area (Å²) in [5, 5.41) is 0. The molecule has 2 aromatic rings. The number of aromatic nitrogens is 1. The molecule has 4 rings (SSSR count). The fourth-order valence-electron chi connectivity index (χ4n) is 4.72. The molecule has 172 valence electrons. The number of ether oxygens (including phenoxy) is 2. The van der Waals surface area contributed by atoms with Gasteiger partial charge < -0.3 is 14.4 Å². The van der Waals surface area contributed by atoms with Crippen molar-refractivity contribution in [2.75, 3.05) is 18.0 Å². The van der Waals surface area contributed by atoms with Crippen molar-refractivity contribution in [3.05, 3.63) is 48.2 Å². The first-order valence-electron chi connectivity index (χ1n) is 12.3. The number of hydrogen-bond donors (Lipinski definition) is 0. The molecule has 1 saturated heterocycles. The van der Waals surface area contributed by atoms with Crippen molar-refractivity contribution in [3.63, 3.8) is 0 Å². The third-order valence-electron chi connectivity index (χ3n) is 6.73. The average molecular weight is 437 g/mol. The molecule has 2 heterocycles. The van der Waals surface area contributed by atoms with Gasteiger partial charge >= 0.3 is 0 Å². The minimum Gasteiger partial charge on any atom is -0.489 e. The summed E-state index contributed by atoms with van der Waals surface area (Å²) in [7, 11) is 0. The molecule has 0 bridgehead atoms. The number of Topliss-reactive ketones (excluding diaryl/α,β-unsaturated/α-hetero) is 1. The number of pyridine rings is 1. The molecule has 5 nitrogen and oxygen atoms in total. The standard InChI is InChI=1S/C27H36N2O3/c1-3-7-26(30)20(2)21-10-13-24(14-11-21)31-25-16-17-29(19-25)22-12-15-27(28-18-22)32-23-8-5-4-6-9-23/h10-15,18,20,23,25H,3-9,16-17,19H2,1-2H3/t20?,25-/m1/s1. The first kappa shape index (κ1) is 22.6.